The number of phenolic OH excluding ortho intramolecular Hbond substituents is 1. The van der Waals surface area contributed by atoms with E-state index >= 15 is 0 Å². The zero-order valence-electron chi connectivity index (χ0n) is 22.6. The van der Waals surface area contributed by atoms with E-state index in [-0.39, 0.29) is 54.6 Å². The highest BCUT2D eigenvalue weighted by atomic mass is 35.5. The van der Waals surface area contributed by atoms with Crippen molar-refractivity contribution in [3.8, 4) is 5.75 Å². The number of likely N-dealkylation sites (tertiary alicyclic amines) is 1. The SMILES string of the molecule is CC12C(=O)N(c3ccc(F)c(Cl)c3)C(=O)C1CC1C(=CCC3C(=O)N(CCCC(=O)O)C(=O)C31)C2c1cccc(O)c1. The van der Waals surface area contributed by atoms with Gasteiger partial charge in [0.05, 0.1) is 33.9 Å². The molecule has 9 nitrogen and oxygen atoms in total. The Morgan fingerprint density at radius 1 is 1.07 bits per heavy atom. The van der Waals surface area contributed by atoms with Gasteiger partial charge < -0.3 is 10.2 Å². The van der Waals surface area contributed by atoms with Crippen LogP contribution in [0, 0.1) is 34.9 Å². The molecule has 2 aliphatic carbocycles. The molecule has 3 fully saturated rings. The smallest absolute Gasteiger partial charge is 0.303 e. The summed E-state index contributed by atoms with van der Waals surface area (Å²) in [7, 11) is 0. The Hall–Kier alpha value is -4.05. The van der Waals surface area contributed by atoms with E-state index in [1.165, 1.54) is 24.3 Å². The summed E-state index contributed by atoms with van der Waals surface area (Å²) >= 11 is 6.01. The Balaban J connectivity index is 1.44. The molecule has 4 aliphatic rings. The number of amides is 4. The predicted molar refractivity (Wildman–Crippen MR) is 148 cm³/mol. The standard InChI is InChI=1S/C31H28ClFN2O7/c1-31-21(28(40)35(30(31)42)16-7-10-23(33)22(32)13-16)14-20-18(26(31)15-4-2-5-17(36)12-15)8-9-19-25(20)29(41)34(27(19)39)11-3-6-24(37)38/h2,4-5,7-8,10,12-13,19-21,25-26,36H,3,6,9,11,14H2,1H3,(H,37,38). The van der Waals surface area contributed by atoms with Gasteiger partial charge in [0.15, 0.2) is 0 Å². The van der Waals surface area contributed by atoms with Gasteiger partial charge in [0.1, 0.15) is 11.6 Å². The molecule has 0 aromatic heterocycles. The van der Waals surface area contributed by atoms with E-state index in [0.29, 0.717) is 5.56 Å². The number of carbonyl (C=O) groups is 5. The van der Waals surface area contributed by atoms with Crippen molar-refractivity contribution < 1.29 is 38.6 Å². The zero-order valence-corrected chi connectivity index (χ0v) is 23.4. The molecular formula is C31H28ClFN2O7. The number of carboxylic acid groups (broad SMARTS) is 1. The Kier molecular flexibility index (Phi) is 6.72. The molecule has 4 amide bonds. The summed E-state index contributed by atoms with van der Waals surface area (Å²) in [5.74, 6) is -7.04. The van der Waals surface area contributed by atoms with Gasteiger partial charge in [0.2, 0.25) is 23.6 Å². The highest BCUT2D eigenvalue weighted by Gasteiger charge is 2.67. The van der Waals surface area contributed by atoms with Crippen LogP contribution in [0.4, 0.5) is 10.1 Å². The lowest BCUT2D eigenvalue weighted by molar-refractivity contribution is -0.142. The fourth-order valence-electron chi connectivity index (χ4n) is 7.64. The minimum Gasteiger partial charge on any atom is -0.508 e. The summed E-state index contributed by atoms with van der Waals surface area (Å²) in [6, 6.07) is 10.1. The summed E-state index contributed by atoms with van der Waals surface area (Å²) in [5.41, 5.74) is 0.169. The van der Waals surface area contributed by atoms with Crippen molar-refractivity contribution in [2.45, 2.75) is 38.5 Å². The summed E-state index contributed by atoms with van der Waals surface area (Å²) in [6.45, 7) is 1.70. The van der Waals surface area contributed by atoms with Crippen LogP contribution in [0.15, 0.2) is 54.1 Å². The van der Waals surface area contributed by atoms with Gasteiger partial charge in [-0.1, -0.05) is 35.4 Å². The molecule has 0 spiro atoms. The third-order valence-electron chi connectivity index (χ3n) is 9.50. The number of carboxylic acids is 1. The normalized spacial score (nSPS) is 30.3. The van der Waals surface area contributed by atoms with Gasteiger partial charge in [-0.05, 0) is 68.0 Å². The largest absolute Gasteiger partial charge is 0.508 e. The first-order valence-electron chi connectivity index (χ1n) is 13.8. The minimum atomic E-state index is -1.31. The van der Waals surface area contributed by atoms with Crippen LogP contribution in [0.1, 0.15) is 44.1 Å². The molecule has 6 unspecified atom stereocenters. The van der Waals surface area contributed by atoms with E-state index < -0.39 is 64.5 Å². The summed E-state index contributed by atoms with van der Waals surface area (Å²) in [6.07, 6.45) is 2.23. The third kappa shape index (κ3) is 4.06. The molecule has 2 aromatic carbocycles. The summed E-state index contributed by atoms with van der Waals surface area (Å²) in [4.78, 5) is 68.6. The second-order valence-electron chi connectivity index (χ2n) is 11.7. The fraction of sp³-hybridized carbons (Fsp3) is 0.387. The number of benzene rings is 2. The molecule has 42 heavy (non-hydrogen) atoms. The van der Waals surface area contributed by atoms with E-state index in [1.807, 2.05) is 6.08 Å². The molecule has 218 valence electrons. The maximum atomic E-state index is 14.3. The number of halogens is 2. The number of nitrogens with zero attached hydrogens (tertiary/aromatic N) is 2. The number of allylic oxidation sites excluding steroid dienone is 2. The van der Waals surface area contributed by atoms with Crippen LogP contribution in [-0.4, -0.2) is 51.3 Å². The molecule has 11 heteroatoms. The molecule has 0 radical (unpaired) electrons. The summed E-state index contributed by atoms with van der Waals surface area (Å²) < 4.78 is 14.0. The lowest BCUT2D eigenvalue weighted by atomic mass is 9.51. The molecule has 6 rings (SSSR count). The van der Waals surface area contributed by atoms with E-state index in [2.05, 4.69) is 0 Å². The molecule has 2 aromatic rings. The van der Waals surface area contributed by atoms with Crippen molar-refractivity contribution in [1.29, 1.82) is 0 Å². The second kappa shape index (κ2) is 10.0. The quantitative estimate of drug-likeness (QED) is 0.377. The minimum absolute atomic E-state index is 0.00727. The number of imide groups is 2. The number of aromatic hydroxyl groups is 1. The Morgan fingerprint density at radius 3 is 2.52 bits per heavy atom. The van der Waals surface area contributed by atoms with Crippen LogP contribution in [0.25, 0.3) is 0 Å². The number of hydrogen-bond acceptors (Lipinski definition) is 6. The lowest BCUT2D eigenvalue weighted by Gasteiger charge is -2.49. The predicted octanol–water partition coefficient (Wildman–Crippen LogP) is 4.28. The van der Waals surface area contributed by atoms with Crippen molar-refractivity contribution >= 4 is 46.9 Å². The zero-order chi connectivity index (χ0) is 30.1. The molecule has 0 bridgehead atoms. The van der Waals surface area contributed by atoms with Gasteiger partial charge >= 0.3 is 5.97 Å². The molecule has 1 saturated carbocycles. The first-order chi connectivity index (χ1) is 19.9. The maximum Gasteiger partial charge on any atom is 0.303 e. The van der Waals surface area contributed by atoms with Crippen LogP contribution < -0.4 is 4.90 Å². The Labute approximate surface area is 245 Å². The van der Waals surface area contributed by atoms with Crippen LogP contribution >= 0.6 is 11.6 Å². The second-order valence-corrected chi connectivity index (χ2v) is 12.1. The summed E-state index contributed by atoms with van der Waals surface area (Å²) in [5, 5.41) is 19.2. The Morgan fingerprint density at radius 2 is 1.83 bits per heavy atom. The average molecular weight is 595 g/mol. The first-order valence-corrected chi connectivity index (χ1v) is 14.2. The fourth-order valence-corrected chi connectivity index (χ4v) is 7.82. The van der Waals surface area contributed by atoms with Gasteiger partial charge in [-0.2, -0.15) is 0 Å². The molecule has 2 N–H and O–H groups in total. The van der Waals surface area contributed by atoms with E-state index in [4.69, 9.17) is 16.7 Å². The van der Waals surface area contributed by atoms with Gasteiger partial charge in [-0.25, -0.2) is 9.29 Å². The van der Waals surface area contributed by atoms with Gasteiger partial charge in [0, 0.05) is 18.9 Å². The van der Waals surface area contributed by atoms with Crippen LogP contribution in [-0.2, 0) is 24.0 Å². The lowest BCUT2D eigenvalue weighted by Crippen LogP contribution is -2.48. The monoisotopic (exact) mass is 594 g/mol. The van der Waals surface area contributed by atoms with Crippen molar-refractivity contribution in [2.75, 3.05) is 11.4 Å². The van der Waals surface area contributed by atoms with Crippen molar-refractivity contribution in [1.82, 2.24) is 4.90 Å². The molecule has 2 saturated heterocycles. The topological polar surface area (TPSA) is 132 Å². The number of aliphatic carboxylic acids is 1. The van der Waals surface area contributed by atoms with E-state index in [0.717, 1.165) is 21.4 Å². The maximum absolute atomic E-state index is 14.3. The number of rotatable bonds is 6. The molecule has 2 heterocycles. The number of carbonyl (C=O) groups excluding carboxylic acids is 4. The average Bonchev–Trinajstić information content (AvgIpc) is 3.30. The highest BCUT2D eigenvalue weighted by molar-refractivity contribution is 6.31. The molecular weight excluding hydrogens is 567 g/mol. The van der Waals surface area contributed by atoms with Gasteiger partial charge in [-0.15, -0.1) is 0 Å². The Bertz CT molecular complexity index is 1590. The van der Waals surface area contributed by atoms with Crippen LogP contribution in [0.2, 0.25) is 5.02 Å². The van der Waals surface area contributed by atoms with Crippen molar-refractivity contribution in [3.05, 3.63) is 70.5 Å². The van der Waals surface area contributed by atoms with Crippen LogP contribution in [0.5, 0.6) is 5.75 Å². The molecule has 6 atom stereocenters. The number of anilines is 1. The number of phenols is 1. The van der Waals surface area contributed by atoms with Gasteiger partial charge in [-0.3, -0.25) is 28.9 Å². The van der Waals surface area contributed by atoms with Gasteiger partial charge in [0.25, 0.3) is 0 Å². The van der Waals surface area contributed by atoms with Crippen molar-refractivity contribution in [3.63, 3.8) is 0 Å². The van der Waals surface area contributed by atoms with Crippen LogP contribution in [0.3, 0.4) is 0 Å². The molecule has 2 aliphatic heterocycles. The number of hydrogen-bond donors (Lipinski definition) is 2. The van der Waals surface area contributed by atoms with Crippen molar-refractivity contribution in [2.24, 2.45) is 29.1 Å². The van der Waals surface area contributed by atoms with E-state index in [1.54, 1.807) is 19.1 Å². The number of fused-ring (bicyclic) bond motifs is 4. The first kappa shape index (κ1) is 28.1. The highest BCUT2D eigenvalue weighted by Crippen LogP contribution is 2.63. The van der Waals surface area contributed by atoms with E-state index in [9.17, 15) is 33.5 Å². The third-order valence-corrected chi connectivity index (χ3v) is 9.79.